The molecule has 2 aromatic rings. The number of hydrogen-bond donors (Lipinski definition) is 1. The van der Waals surface area contributed by atoms with Crippen LogP contribution in [0.2, 0.25) is 0 Å². The Kier molecular flexibility index (Phi) is 8.10. The number of aromatic nitrogens is 1. The molecule has 196 valence electrons. The van der Waals surface area contributed by atoms with Crippen LogP contribution in [0.15, 0.2) is 45.8 Å². The molecule has 0 spiro atoms. The molecule has 4 rings (SSSR count). The maximum atomic E-state index is 14.3. The molecular weight excluding hydrogens is 523 g/mol. The number of rotatable bonds is 6. The van der Waals surface area contributed by atoms with Gasteiger partial charge in [0.05, 0.1) is 12.1 Å². The molecule has 1 aliphatic carbocycles. The molecule has 1 saturated carbocycles. The molecule has 1 saturated heterocycles. The molecule has 1 amide bonds. The Labute approximate surface area is 221 Å². The van der Waals surface area contributed by atoms with E-state index in [4.69, 9.17) is 0 Å². The van der Waals surface area contributed by atoms with E-state index in [0.717, 1.165) is 6.42 Å². The lowest BCUT2D eigenvalue weighted by molar-refractivity contribution is -0.157. The number of pyridine rings is 1. The van der Waals surface area contributed by atoms with Gasteiger partial charge in [0.15, 0.2) is 0 Å². The van der Waals surface area contributed by atoms with Gasteiger partial charge in [0.25, 0.3) is 5.56 Å². The molecular formula is C29H38BrFN2O3. The summed E-state index contributed by atoms with van der Waals surface area (Å²) in [5.74, 6) is 0.402. The highest BCUT2D eigenvalue weighted by atomic mass is 79.9. The summed E-state index contributed by atoms with van der Waals surface area (Å²) in [5.41, 5.74) is -1.25. The molecule has 2 unspecified atom stereocenters. The SMILES string of the molecule is CC(CC1CCCCC1)C(=O)N1CCC(O)(Cn2cc(Br)c(-c3ccccc3F)cc2=O)C(C)(C)C1. The molecule has 2 heterocycles. The number of carbonyl (C=O) groups excluding carboxylic acids is 1. The minimum absolute atomic E-state index is 0.0143. The van der Waals surface area contributed by atoms with E-state index in [9.17, 15) is 19.1 Å². The van der Waals surface area contributed by atoms with Gasteiger partial charge in [0, 0.05) is 52.3 Å². The van der Waals surface area contributed by atoms with Crippen LogP contribution in [0, 0.1) is 23.1 Å². The van der Waals surface area contributed by atoms with Crippen LogP contribution in [0.5, 0.6) is 0 Å². The van der Waals surface area contributed by atoms with Crippen molar-refractivity contribution >= 4 is 21.8 Å². The van der Waals surface area contributed by atoms with Crippen molar-refractivity contribution in [1.29, 1.82) is 0 Å². The molecule has 2 fully saturated rings. The van der Waals surface area contributed by atoms with E-state index in [-0.39, 0.29) is 23.9 Å². The number of aliphatic hydroxyl groups is 1. The van der Waals surface area contributed by atoms with E-state index >= 15 is 0 Å². The molecule has 36 heavy (non-hydrogen) atoms. The summed E-state index contributed by atoms with van der Waals surface area (Å²) in [4.78, 5) is 28.2. The van der Waals surface area contributed by atoms with Gasteiger partial charge in [-0.15, -0.1) is 0 Å². The Morgan fingerprint density at radius 1 is 1.19 bits per heavy atom. The quantitative estimate of drug-likeness (QED) is 0.470. The molecule has 7 heteroatoms. The van der Waals surface area contributed by atoms with Crippen molar-refractivity contribution in [3.63, 3.8) is 0 Å². The van der Waals surface area contributed by atoms with Crippen LogP contribution in [-0.4, -0.2) is 39.2 Å². The van der Waals surface area contributed by atoms with Gasteiger partial charge >= 0.3 is 0 Å². The van der Waals surface area contributed by atoms with Crippen LogP contribution in [0.1, 0.15) is 65.7 Å². The molecule has 1 aliphatic heterocycles. The maximum Gasteiger partial charge on any atom is 0.251 e. The second-order valence-electron chi connectivity index (χ2n) is 11.5. The molecule has 2 aliphatic rings. The van der Waals surface area contributed by atoms with Gasteiger partial charge in [-0.25, -0.2) is 4.39 Å². The molecule has 2 atom stereocenters. The zero-order valence-electron chi connectivity index (χ0n) is 21.6. The van der Waals surface area contributed by atoms with E-state index < -0.39 is 16.8 Å². The summed E-state index contributed by atoms with van der Waals surface area (Å²) in [5, 5.41) is 11.7. The number of halogens is 2. The average Bonchev–Trinajstić information content (AvgIpc) is 2.83. The van der Waals surface area contributed by atoms with E-state index in [1.807, 2.05) is 25.7 Å². The fraction of sp³-hybridized carbons (Fsp3) is 0.586. The predicted molar refractivity (Wildman–Crippen MR) is 144 cm³/mol. The minimum Gasteiger partial charge on any atom is -0.387 e. The van der Waals surface area contributed by atoms with Crippen molar-refractivity contribution in [2.75, 3.05) is 13.1 Å². The van der Waals surface area contributed by atoms with E-state index in [1.165, 1.54) is 48.8 Å². The average molecular weight is 562 g/mol. The Morgan fingerprint density at radius 2 is 1.89 bits per heavy atom. The highest BCUT2D eigenvalue weighted by Gasteiger charge is 2.49. The van der Waals surface area contributed by atoms with Gasteiger partial charge in [-0.2, -0.15) is 0 Å². The third-order valence-electron chi connectivity index (χ3n) is 8.46. The molecule has 1 N–H and O–H groups in total. The van der Waals surface area contributed by atoms with Crippen LogP contribution in [0.3, 0.4) is 0 Å². The lowest BCUT2D eigenvalue weighted by Gasteiger charge is -2.51. The van der Waals surface area contributed by atoms with Crippen LogP contribution in [0.25, 0.3) is 11.1 Å². The fourth-order valence-electron chi connectivity index (χ4n) is 6.01. The monoisotopic (exact) mass is 560 g/mol. The van der Waals surface area contributed by atoms with Gasteiger partial charge in [-0.05, 0) is 40.8 Å². The Balaban J connectivity index is 1.47. The van der Waals surface area contributed by atoms with Crippen molar-refractivity contribution in [2.45, 2.75) is 77.9 Å². The summed E-state index contributed by atoms with van der Waals surface area (Å²) >= 11 is 3.49. The van der Waals surface area contributed by atoms with Crippen LogP contribution in [0.4, 0.5) is 4.39 Å². The summed E-state index contributed by atoms with van der Waals surface area (Å²) in [6, 6.07) is 7.75. The Bertz CT molecular complexity index is 1160. The predicted octanol–water partition coefficient (Wildman–Crippen LogP) is 6.01. The fourth-order valence-corrected chi connectivity index (χ4v) is 6.59. The summed E-state index contributed by atoms with van der Waals surface area (Å²) in [7, 11) is 0. The first kappa shape index (κ1) is 27.1. The molecule has 0 radical (unpaired) electrons. The van der Waals surface area contributed by atoms with E-state index in [2.05, 4.69) is 15.9 Å². The molecule has 5 nitrogen and oxygen atoms in total. The van der Waals surface area contributed by atoms with Crippen molar-refractivity contribution in [3.8, 4) is 11.1 Å². The standard InChI is InChI=1S/C29H38BrFN2O3/c1-20(15-21-9-5-4-6-10-21)27(35)32-14-13-29(36,28(2,3)18-32)19-33-17-24(30)23(16-26(33)34)22-11-7-8-12-25(22)31/h7-8,11-12,16-17,20-21,36H,4-6,9-10,13-15,18-19H2,1-3H3. The highest BCUT2D eigenvalue weighted by Crippen LogP contribution is 2.41. The minimum atomic E-state index is -1.17. The van der Waals surface area contributed by atoms with Gasteiger partial charge in [-0.1, -0.05) is 71.1 Å². The smallest absolute Gasteiger partial charge is 0.251 e. The van der Waals surface area contributed by atoms with Gasteiger partial charge < -0.3 is 14.6 Å². The second-order valence-corrected chi connectivity index (χ2v) is 12.4. The number of piperidine rings is 1. The molecule has 0 bridgehead atoms. The summed E-state index contributed by atoms with van der Waals surface area (Å²) in [6.07, 6.45) is 9.26. The normalized spacial score (nSPS) is 23.4. The largest absolute Gasteiger partial charge is 0.387 e. The van der Waals surface area contributed by atoms with Crippen molar-refractivity contribution in [2.24, 2.45) is 17.3 Å². The summed E-state index contributed by atoms with van der Waals surface area (Å²) in [6.45, 7) is 6.99. The van der Waals surface area contributed by atoms with Crippen molar-refractivity contribution in [1.82, 2.24) is 9.47 Å². The highest BCUT2D eigenvalue weighted by molar-refractivity contribution is 9.10. The Hall–Kier alpha value is -1.99. The zero-order chi connectivity index (χ0) is 26.1. The number of hydrogen-bond acceptors (Lipinski definition) is 3. The van der Waals surface area contributed by atoms with Crippen LogP contribution >= 0.6 is 15.9 Å². The lowest BCUT2D eigenvalue weighted by atomic mass is 9.69. The van der Waals surface area contributed by atoms with Gasteiger partial charge in [-0.3, -0.25) is 9.59 Å². The first-order valence-electron chi connectivity index (χ1n) is 13.2. The Morgan fingerprint density at radius 3 is 2.56 bits per heavy atom. The number of benzene rings is 1. The number of carbonyl (C=O) groups is 1. The molecule has 1 aromatic heterocycles. The summed E-state index contributed by atoms with van der Waals surface area (Å²) < 4.78 is 16.4. The zero-order valence-corrected chi connectivity index (χ0v) is 23.2. The topological polar surface area (TPSA) is 62.5 Å². The third-order valence-corrected chi connectivity index (χ3v) is 9.09. The van der Waals surface area contributed by atoms with E-state index in [0.29, 0.717) is 41.0 Å². The van der Waals surface area contributed by atoms with Crippen LogP contribution in [-0.2, 0) is 11.3 Å². The number of amides is 1. The first-order valence-corrected chi connectivity index (χ1v) is 14.0. The van der Waals surface area contributed by atoms with E-state index in [1.54, 1.807) is 24.4 Å². The number of nitrogens with zero attached hydrogens (tertiary/aromatic N) is 2. The first-order chi connectivity index (χ1) is 17.0. The van der Waals surface area contributed by atoms with Crippen LogP contribution < -0.4 is 5.56 Å². The third kappa shape index (κ3) is 5.62. The maximum absolute atomic E-state index is 14.3. The number of likely N-dealkylation sites (tertiary alicyclic amines) is 1. The van der Waals surface area contributed by atoms with Crippen molar-refractivity contribution < 1.29 is 14.3 Å². The van der Waals surface area contributed by atoms with Gasteiger partial charge in [0.2, 0.25) is 5.91 Å². The molecule has 1 aromatic carbocycles. The second kappa shape index (κ2) is 10.8. The lowest BCUT2D eigenvalue weighted by Crippen LogP contribution is -2.61. The van der Waals surface area contributed by atoms with Gasteiger partial charge in [0.1, 0.15) is 5.82 Å². The van der Waals surface area contributed by atoms with Crippen molar-refractivity contribution in [3.05, 3.63) is 57.2 Å².